The largest absolute Gasteiger partial charge is 0.497 e. The van der Waals surface area contributed by atoms with Gasteiger partial charge in [0.05, 0.1) is 7.11 Å². The van der Waals surface area contributed by atoms with E-state index in [1.54, 1.807) is 7.11 Å². The Balaban J connectivity index is 1.65. The van der Waals surface area contributed by atoms with Gasteiger partial charge >= 0.3 is 0 Å². The standard InChI is InChI=1S/C17H21N3O4/c1-22-11-15(21)20-8-6-12(7-9-20)17-18-16(19-24-17)13-4-3-5-14(10-13)23-2/h3-5,10,12H,6-9,11H2,1-2H3. The van der Waals surface area contributed by atoms with Gasteiger partial charge in [-0.15, -0.1) is 0 Å². The highest BCUT2D eigenvalue weighted by Crippen LogP contribution is 2.29. The third-order valence-electron chi connectivity index (χ3n) is 4.23. The summed E-state index contributed by atoms with van der Waals surface area (Å²) >= 11 is 0. The molecule has 0 N–H and O–H groups in total. The van der Waals surface area contributed by atoms with Crippen molar-refractivity contribution in [2.24, 2.45) is 0 Å². The van der Waals surface area contributed by atoms with Gasteiger partial charge in [0.25, 0.3) is 0 Å². The van der Waals surface area contributed by atoms with Crippen molar-refractivity contribution in [2.45, 2.75) is 18.8 Å². The van der Waals surface area contributed by atoms with Crippen LogP contribution in [0.1, 0.15) is 24.7 Å². The lowest BCUT2D eigenvalue weighted by Gasteiger charge is -2.30. The topological polar surface area (TPSA) is 77.7 Å². The van der Waals surface area contributed by atoms with E-state index in [1.807, 2.05) is 29.2 Å². The van der Waals surface area contributed by atoms with Gasteiger partial charge in [-0.1, -0.05) is 17.3 Å². The fourth-order valence-corrected chi connectivity index (χ4v) is 2.87. The maximum Gasteiger partial charge on any atom is 0.248 e. The van der Waals surface area contributed by atoms with Crippen LogP contribution in [0.3, 0.4) is 0 Å². The molecule has 1 aromatic heterocycles. The fourth-order valence-electron chi connectivity index (χ4n) is 2.87. The fraction of sp³-hybridized carbons (Fsp3) is 0.471. The van der Waals surface area contributed by atoms with E-state index in [4.69, 9.17) is 14.0 Å². The molecule has 1 saturated heterocycles. The third-order valence-corrected chi connectivity index (χ3v) is 4.23. The van der Waals surface area contributed by atoms with Crippen LogP contribution in [0.2, 0.25) is 0 Å². The van der Waals surface area contributed by atoms with Crippen LogP contribution in [-0.2, 0) is 9.53 Å². The maximum absolute atomic E-state index is 11.8. The van der Waals surface area contributed by atoms with Gasteiger partial charge in [0, 0.05) is 31.7 Å². The molecular formula is C17H21N3O4. The first kappa shape index (κ1) is 16.4. The van der Waals surface area contributed by atoms with Crippen molar-refractivity contribution in [3.8, 4) is 17.1 Å². The molecule has 7 heteroatoms. The predicted molar refractivity (Wildman–Crippen MR) is 86.7 cm³/mol. The summed E-state index contributed by atoms with van der Waals surface area (Å²) in [5.74, 6) is 2.15. The molecule has 2 heterocycles. The molecule has 1 amide bonds. The van der Waals surface area contributed by atoms with Gasteiger partial charge in [0.2, 0.25) is 17.6 Å². The highest BCUT2D eigenvalue weighted by Gasteiger charge is 2.27. The minimum absolute atomic E-state index is 0.0264. The van der Waals surface area contributed by atoms with Crippen molar-refractivity contribution >= 4 is 5.91 Å². The van der Waals surface area contributed by atoms with Crippen molar-refractivity contribution in [3.63, 3.8) is 0 Å². The Bertz CT molecular complexity index is 693. The number of benzene rings is 1. The molecule has 24 heavy (non-hydrogen) atoms. The molecular weight excluding hydrogens is 310 g/mol. The Morgan fingerprint density at radius 1 is 1.33 bits per heavy atom. The number of nitrogens with zero attached hydrogens (tertiary/aromatic N) is 3. The van der Waals surface area contributed by atoms with Gasteiger partial charge in [0.15, 0.2) is 0 Å². The number of likely N-dealkylation sites (tertiary alicyclic amines) is 1. The van der Waals surface area contributed by atoms with Gasteiger partial charge in [-0.3, -0.25) is 4.79 Å². The van der Waals surface area contributed by atoms with E-state index in [1.165, 1.54) is 7.11 Å². The van der Waals surface area contributed by atoms with E-state index in [0.717, 1.165) is 24.2 Å². The predicted octanol–water partition coefficient (Wildman–Crippen LogP) is 2.10. The first-order valence-corrected chi connectivity index (χ1v) is 7.96. The summed E-state index contributed by atoms with van der Waals surface area (Å²) < 4.78 is 15.6. The quantitative estimate of drug-likeness (QED) is 0.835. The molecule has 128 valence electrons. The summed E-state index contributed by atoms with van der Waals surface area (Å²) in [4.78, 5) is 18.2. The van der Waals surface area contributed by atoms with Crippen LogP contribution in [0.4, 0.5) is 0 Å². The van der Waals surface area contributed by atoms with Crippen molar-refractivity contribution in [1.82, 2.24) is 15.0 Å². The SMILES string of the molecule is COCC(=O)N1CCC(c2nc(-c3cccc(OC)c3)no2)CC1. The highest BCUT2D eigenvalue weighted by molar-refractivity contribution is 5.77. The number of hydrogen-bond donors (Lipinski definition) is 0. The lowest BCUT2D eigenvalue weighted by molar-refractivity contribution is -0.136. The second-order valence-electron chi connectivity index (χ2n) is 5.78. The average molecular weight is 331 g/mol. The molecule has 0 aliphatic carbocycles. The molecule has 0 radical (unpaired) electrons. The number of ether oxygens (including phenoxy) is 2. The van der Waals surface area contributed by atoms with Crippen LogP contribution >= 0.6 is 0 Å². The summed E-state index contributed by atoms with van der Waals surface area (Å²) in [5, 5.41) is 4.08. The van der Waals surface area contributed by atoms with E-state index in [0.29, 0.717) is 24.8 Å². The summed E-state index contributed by atoms with van der Waals surface area (Å²) in [6.45, 7) is 1.50. The summed E-state index contributed by atoms with van der Waals surface area (Å²) in [6, 6.07) is 7.56. The zero-order valence-electron chi connectivity index (χ0n) is 13.9. The molecule has 1 aliphatic rings. The van der Waals surface area contributed by atoms with Crippen molar-refractivity contribution in [1.29, 1.82) is 0 Å². The molecule has 0 unspecified atom stereocenters. The minimum Gasteiger partial charge on any atom is -0.497 e. The zero-order chi connectivity index (χ0) is 16.9. The Labute approximate surface area is 140 Å². The monoisotopic (exact) mass is 331 g/mol. The van der Waals surface area contributed by atoms with Gasteiger partial charge < -0.3 is 18.9 Å². The Kier molecular flexibility index (Phi) is 5.10. The number of methoxy groups -OCH3 is 2. The molecule has 1 aromatic carbocycles. The van der Waals surface area contributed by atoms with Gasteiger partial charge in [-0.2, -0.15) is 4.98 Å². The van der Waals surface area contributed by atoms with Crippen LogP contribution in [-0.4, -0.2) is 54.9 Å². The van der Waals surface area contributed by atoms with Gasteiger partial charge in [-0.25, -0.2) is 0 Å². The van der Waals surface area contributed by atoms with Gasteiger partial charge in [0.1, 0.15) is 12.4 Å². The molecule has 0 bridgehead atoms. The zero-order valence-corrected chi connectivity index (χ0v) is 13.9. The van der Waals surface area contributed by atoms with E-state index in [2.05, 4.69) is 10.1 Å². The smallest absolute Gasteiger partial charge is 0.248 e. The van der Waals surface area contributed by atoms with Crippen LogP contribution in [0.15, 0.2) is 28.8 Å². The first-order chi connectivity index (χ1) is 11.7. The molecule has 2 aromatic rings. The Morgan fingerprint density at radius 2 is 2.12 bits per heavy atom. The summed E-state index contributed by atoms with van der Waals surface area (Å²) in [6.07, 6.45) is 1.63. The molecule has 1 fully saturated rings. The second-order valence-corrected chi connectivity index (χ2v) is 5.78. The van der Waals surface area contributed by atoms with Crippen LogP contribution in [0.25, 0.3) is 11.4 Å². The number of hydrogen-bond acceptors (Lipinski definition) is 6. The van der Waals surface area contributed by atoms with E-state index >= 15 is 0 Å². The van der Waals surface area contributed by atoms with Crippen molar-refractivity contribution < 1.29 is 18.8 Å². The third kappa shape index (κ3) is 3.56. The normalized spacial score (nSPS) is 15.5. The van der Waals surface area contributed by atoms with E-state index in [9.17, 15) is 4.79 Å². The molecule has 1 aliphatic heterocycles. The number of carbonyl (C=O) groups is 1. The van der Waals surface area contributed by atoms with Crippen molar-refractivity contribution in [3.05, 3.63) is 30.2 Å². The van der Waals surface area contributed by atoms with Crippen LogP contribution < -0.4 is 4.74 Å². The Hall–Kier alpha value is -2.41. The number of rotatable bonds is 5. The molecule has 7 nitrogen and oxygen atoms in total. The van der Waals surface area contributed by atoms with E-state index in [-0.39, 0.29) is 18.4 Å². The first-order valence-electron chi connectivity index (χ1n) is 7.96. The second kappa shape index (κ2) is 7.44. The molecule has 0 spiro atoms. The summed E-state index contributed by atoms with van der Waals surface area (Å²) in [5.41, 5.74) is 0.858. The minimum atomic E-state index is 0.0264. The number of carbonyl (C=O) groups excluding carboxylic acids is 1. The summed E-state index contributed by atoms with van der Waals surface area (Å²) in [7, 11) is 3.16. The lowest BCUT2D eigenvalue weighted by atomic mass is 9.97. The van der Waals surface area contributed by atoms with Crippen LogP contribution in [0.5, 0.6) is 5.75 Å². The highest BCUT2D eigenvalue weighted by atomic mass is 16.5. The molecule has 3 rings (SSSR count). The number of amides is 1. The van der Waals surface area contributed by atoms with Gasteiger partial charge in [-0.05, 0) is 25.0 Å². The maximum atomic E-state index is 11.8. The number of aromatic nitrogens is 2. The van der Waals surface area contributed by atoms with Crippen molar-refractivity contribution in [2.75, 3.05) is 33.9 Å². The molecule has 0 saturated carbocycles. The lowest BCUT2D eigenvalue weighted by Crippen LogP contribution is -2.39. The van der Waals surface area contributed by atoms with E-state index < -0.39 is 0 Å². The number of piperidine rings is 1. The average Bonchev–Trinajstić information content (AvgIpc) is 3.12. The Morgan fingerprint density at radius 3 is 2.83 bits per heavy atom. The molecule has 0 atom stereocenters. The van der Waals surface area contributed by atoms with Crippen LogP contribution in [0, 0.1) is 0 Å².